The minimum Gasteiger partial charge on any atom is -0.427 e. The molecule has 154 valence electrons. The Kier molecular flexibility index (Phi) is 6.31. The molecule has 0 aliphatic heterocycles. The number of carbonyl (C=O) groups is 2. The van der Waals surface area contributed by atoms with Gasteiger partial charge >= 0.3 is 11.9 Å². The number of carbonyl (C=O) groups excluding carboxylic acids is 2. The molecule has 0 fully saturated rings. The number of rotatable bonds is 5. The van der Waals surface area contributed by atoms with Crippen molar-refractivity contribution in [3.05, 3.63) is 94.3 Å². The lowest BCUT2D eigenvalue weighted by Gasteiger charge is -2.23. The van der Waals surface area contributed by atoms with Gasteiger partial charge in [-0.2, -0.15) is 0 Å². The fraction of sp³-hybridized carbons (Fsp3) is 0.200. The van der Waals surface area contributed by atoms with Crippen molar-refractivity contribution < 1.29 is 23.5 Å². The second-order valence-corrected chi connectivity index (χ2v) is 7.19. The van der Waals surface area contributed by atoms with E-state index in [1.807, 2.05) is 32.0 Å². The van der Waals surface area contributed by atoms with Crippen molar-refractivity contribution in [1.82, 2.24) is 0 Å². The maximum Gasteiger partial charge on any atom is 0.308 e. The van der Waals surface area contributed by atoms with E-state index in [1.165, 1.54) is 19.9 Å². The molecule has 4 nitrogen and oxygen atoms in total. The molecule has 0 amide bonds. The lowest BCUT2D eigenvalue weighted by atomic mass is 9.82. The zero-order valence-electron chi connectivity index (χ0n) is 17.4. The monoisotopic (exact) mass is 406 g/mol. The van der Waals surface area contributed by atoms with Crippen molar-refractivity contribution in [3.63, 3.8) is 0 Å². The van der Waals surface area contributed by atoms with Crippen LogP contribution in [0.2, 0.25) is 0 Å². The highest BCUT2D eigenvalue weighted by Crippen LogP contribution is 2.37. The molecule has 0 bridgehead atoms. The number of halogens is 1. The second kappa shape index (κ2) is 8.91. The van der Waals surface area contributed by atoms with Crippen LogP contribution in [0.15, 0.2) is 60.7 Å². The Labute approximate surface area is 175 Å². The molecule has 0 saturated heterocycles. The van der Waals surface area contributed by atoms with Gasteiger partial charge in [0.1, 0.15) is 17.3 Å². The SMILES string of the molecule is CC(=O)Oc1ccc(C(c2ccc(OC(C)=O)c(C)c2)c2ccccc2F)c(C)c1. The van der Waals surface area contributed by atoms with E-state index in [-0.39, 0.29) is 11.7 Å². The van der Waals surface area contributed by atoms with Gasteiger partial charge in [-0.3, -0.25) is 9.59 Å². The molecule has 3 aromatic rings. The van der Waals surface area contributed by atoms with Crippen LogP contribution in [-0.2, 0) is 9.59 Å². The van der Waals surface area contributed by atoms with E-state index in [4.69, 9.17) is 9.47 Å². The Morgan fingerprint density at radius 3 is 2.10 bits per heavy atom. The summed E-state index contributed by atoms with van der Waals surface area (Å²) < 4.78 is 25.2. The van der Waals surface area contributed by atoms with Crippen molar-refractivity contribution in [2.75, 3.05) is 0 Å². The molecule has 0 spiro atoms. The van der Waals surface area contributed by atoms with Gasteiger partial charge in [0, 0.05) is 19.8 Å². The average Bonchev–Trinajstić information content (AvgIpc) is 2.66. The first-order valence-electron chi connectivity index (χ1n) is 9.58. The number of aryl methyl sites for hydroxylation is 2. The van der Waals surface area contributed by atoms with Crippen LogP contribution in [0.25, 0.3) is 0 Å². The zero-order valence-corrected chi connectivity index (χ0v) is 17.4. The van der Waals surface area contributed by atoms with Crippen LogP contribution in [0.1, 0.15) is 47.6 Å². The third kappa shape index (κ3) is 4.74. The summed E-state index contributed by atoms with van der Waals surface area (Å²) in [7, 11) is 0. The predicted octanol–water partition coefficient (Wildman–Crippen LogP) is 5.47. The maximum atomic E-state index is 14.8. The number of hydrogen-bond acceptors (Lipinski definition) is 4. The van der Waals surface area contributed by atoms with E-state index in [1.54, 1.807) is 36.4 Å². The van der Waals surface area contributed by atoms with Crippen LogP contribution < -0.4 is 9.47 Å². The fourth-order valence-corrected chi connectivity index (χ4v) is 3.56. The fourth-order valence-electron chi connectivity index (χ4n) is 3.56. The van der Waals surface area contributed by atoms with E-state index in [0.29, 0.717) is 17.1 Å². The maximum absolute atomic E-state index is 14.8. The van der Waals surface area contributed by atoms with Gasteiger partial charge in [0.15, 0.2) is 0 Å². The van der Waals surface area contributed by atoms with Gasteiger partial charge in [-0.15, -0.1) is 0 Å². The molecule has 0 heterocycles. The van der Waals surface area contributed by atoms with Crippen LogP contribution in [-0.4, -0.2) is 11.9 Å². The summed E-state index contributed by atoms with van der Waals surface area (Å²) in [6.45, 7) is 6.44. The van der Waals surface area contributed by atoms with E-state index < -0.39 is 11.9 Å². The smallest absolute Gasteiger partial charge is 0.308 e. The van der Waals surface area contributed by atoms with Crippen molar-refractivity contribution >= 4 is 11.9 Å². The van der Waals surface area contributed by atoms with Gasteiger partial charge in [0.2, 0.25) is 0 Å². The van der Waals surface area contributed by atoms with Gasteiger partial charge in [-0.25, -0.2) is 4.39 Å². The topological polar surface area (TPSA) is 52.6 Å². The van der Waals surface area contributed by atoms with Crippen molar-refractivity contribution in [2.24, 2.45) is 0 Å². The van der Waals surface area contributed by atoms with E-state index in [9.17, 15) is 14.0 Å². The van der Waals surface area contributed by atoms with Crippen LogP contribution >= 0.6 is 0 Å². The molecule has 5 heteroatoms. The third-order valence-corrected chi connectivity index (χ3v) is 4.82. The quantitative estimate of drug-likeness (QED) is 0.320. The van der Waals surface area contributed by atoms with E-state index in [2.05, 4.69) is 0 Å². The summed E-state index contributed by atoms with van der Waals surface area (Å²) in [4.78, 5) is 22.6. The molecule has 1 unspecified atom stereocenters. The first-order valence-corrected chi connectivity index (χ1v) is 9.58. The van der Waals surface area contributed by atoms with Gasteiger partial charge in [-0.1, -0.05) is 36.4 Å². The highest BCUT2D eigenvalue weighted by atomic mass is 19.1. The summed E-state index contributed by atoms with van der Waals surface area (Å²) >= 11 is 0. The summed E-state index contributed by atoms with van der Waals surface area (Å²) in [5.41, 5.74) is 3.91. The third-order valence-electron chi connectivity index (χ3n) is 4.82. The normalized spacial score (nSPS) is 11.6. The number of benzene rings is 3. The van der Waals surface area contributed by atoms with Crippen LogP contribution in [0, 0.1) is 19.7 Å². The van der Waals surface area contributed by atoms with Crippen LogP contribution in [0.4, 0.5) is 4.39 Å². The molecular weight excluding hydrogens is 383 g/mol. The summed E-state index contributed by atoms with van der Waals surface area (Å²) in [5.74, 6) is -0.578. The Morgan fingerprint density at radius 2 is 1.50 bits per heavy atom. The summed E-state index contributed by atoms with van der Waals surface area (Å²) in [5, 5.41) is 0. The Bertz CT molecular complexity index is 1100. The zero-order chi connectivity index (χ0) is 21.8. The molecular formula is C25H23FO4. The van der Waals surface area contributed by atoms with Crippen LogP contribution in [0.3, 0.4) is 0 Å². The number of ether oxygens (including phenoxy) is 2. The minimum absolute atomic E-state index is 0.312. The van der Waals surface area contributed by atoms with E-state index in [0.717, 1.165) is 22.3 Å². The molecule has 0 saturated carbocycles. The molecule has 30 heavy (non-hydrogen) atoms. The predicted molar refractivity (Wildman–Crippen MR) is 112 cm³/mol. The highest BCUT2D eigenvalue weighted by molar-refractivity contribution is 5.70. The standard InChI is InChI=1S/C25H23FO4/c1-15-14-20(29-17(3)27)10-11-21(15)25(22-7-5-6-8-23(22)26)19-9-12-24(16(2)13-19)30-18(4)28/h5-14,25H,1-4H3. The average molecular weight is 406 g/mol. The van der Waals surface area contributed by atoms with Gasteiger partial charge in [-0.05, 0) is 65.9 Å². The lowest BCUT2D eigenvalue weighted by molar-refractivity contribution is -0.132. The summed E-state index contributed by atoms with van der Waals surface area (Å²) in [6, 6.07) is 17.4. The van der Waals surface area contributed by atoms with Crippen molar-refractivity contribution in [2.45, 2.75) is 33.6 Å². The molecule has 0 radical (unpaired) electrons. The summed E-state index contributed by atoms with van der Waals surface area (Å²) in [6.07, 6.45) is 0. The molecule has 0 N–H and O–H groups in total. The van der Waals surface area contributed by atoms with Crippen molar-refractivity contribution in [1.29, 1.82) is 0 Å². The molecule has 1 atom stereocenters. The Balaban J connectivity index is 2.14. The number of hydrogen-bond donors (Lipinski definition) is 0. The Morgan fingerprint density at radius 1 is 0.800 bits per heavy atom. The molecule has 0 aliphatic rings. The highest BCUT2D eigenvalue weighted by Gasteiger charge is 2.23. The first-order chi connectivity index (χ1) is 14.3. The van der Waals surface area contributed by atoms with Crippen molar-refractivity contribution in [3.8, 4) is 11.5 Å². The second-order valence-electron chi connectivity index (χ2n) is 7.19. The van der Waals surface area contributed by atoms with Crippen LogP contribution in [0.5, 0.6) is 11.5 Å². The van der Waals surface area contributed by atoms with Gasteiger partial charge in [0.25, 0.3) is 0 Å². The lowest BCUT2D eigenvalue weighted by Crippen LogP contribution is -2.09. The number of esters is 2. The first kappa shape index (κ1) is 21.2. The molecule has 0 aliphatic carbocycles. The molecule has 0 aromatic heterocycles. The molecule has 3 rings (SSSR count). The largest absolute Gasteiger partial charge is 0.427 e. The minimum atomic E-state index is -0.399. The van der Waals surface area contributed by atoms with E-state index >= 15 is 0 Å². The van der Waals surface area contributed by atoms with Gasteiger partial charge < -0.3 is 9.47 Å². The Hall–Kier alpha value is -3.47. The molecule has 3 aromatic carbocycles. The van der Waals surface area contributed by atoms with Gasteiger partial charge in [0.05, 0.1) is 0 Å².